The van der Waals surface area contributed by atoms with Gasteiger partial charge in [0.1, 0.15) is 11.6 Å². The molecule has 1 aliphatic heterocycles. The lowest BCUT2D eigenvalue weighted by Crippen LogP contribution is -2.25. The van der Waals surface area contributed by atoms with E-state index in [1.807, 2.05) is 32.0 Å². The van der Waals surface area contributed by atoms with Gasteiger partial charge in [-0.25, -0.2) is 9.37 Å². The zero-order valence-electron chi connectivity index (χ0n) is 19.4. The first kappa shape index (κ1) is 22.5. The van der Waals surface area contributed by atoms with Gasteiger partial charge in [0.05, 0.1) is 31.3 Å². The van der Waals surface area contributed by atoms with Crippen LogP contribution in [-0.4, -0.2) is 44.6 Å². The summed E-state index contributed by atoms with van der Waals surface area (Å²) >= 11 is 0. The van der Waals surface area contributed by atoms with Gasteiger partial charge >= 0.3 is 0 Å². The summed E-state index contributed by atoms with van der Waals surface area (Å²) in [6.07, 6.45) is 1.75. The van der Waals surface area contributed by atoms with Crippen molar-refractivity contribution in [1.29, 1.82) is 0 Å². The molecule has 1 aliphatic rings. The lowest BCUT2D eigenvalue weighted by Gasteiger charge is -2.25. The third-order valence-electron chi connectivity index (χ3n) is 5.87. The highest BCUT2D eigenvalue weighted by Gasteiger charge is 2.33. The lowest BCUT2D eigenvalue weighted by molar-refractivity contribution is -0.116. The molecule has 0 bridgehead atoms. The number of carbonyl (C=O) groups is 1. The Kier molecular flexibility index (Phi) is 5.86. The molecule has 0 fully saturated rings. The molecule has 2 aromatic heterocycles. The van der Waals surface area contributed by atoms with E-state index in [1.165, 1.54) is 23.0 Å². The van der Waals surface area contributed by atoms with Crippen molar-refractivity contribution in [3.05, 3.63) is 71.3 Å². The van der Waals surface area contributed by atoms with E-state index in [4.69, 9.17) is 9.47 Å². The number of hydrogen-bond acceptors (Lipinski definition) is 7. The minimum atomic E-state index is -0.340. The number of amides is 1. The Morgan fingerprint density at radius 3 is 2.71 bits per heavy atom. The van der Waals surface area contributed by atoms with E-state index >= 15 is 0 Å². The Morgan fingerprint density at radius 1 is 1.17 bits per heavy atom. The van der Waals surface area contributed by atoms with Crippen LogP contribution in [0.1, 0.15) is 36.1 Å². The molecule has 178 valence electrons. The molecule has 0 aliphatic carbocycles. The second-order valence-electron chi connectivity index (χ2n) is 8.06. The smallest absolute Gasteiger partial charge is 0.272 e. The summed E-state index contributed by atoms with van der Waals surface area (Å²) < 4.78 is 26.0. The summed E-state index contributed by atoms with van der Waals surface area (Å²) in [4.78, 5) is 17.3. The predicted molar refractivity (Wildman–Crippen MR) is 126 cm³/mol. The number of hydrogen-bond donors (Lipinski definition) is 1. The maximum atomic E-state index is 13.3. The van der Waals surface area contributed by atoms with Gasteiger partial charge in [-0.1, -0.05) is 6.07 Å². The number of methoxy groups -OCH3 is 1. The predicted octanol–water partition coefficient (Wildman–Crippen LogP) is 4.05. The van der Waals surface area contributed by atoms with Crippen LogP contribution in [0.3, 0.4) is 0 Å². The van der Waals surface area contributed by atoms with Gasteiger partial charge in [-0.15, -0.1) is 5.10 Å². The molecule has 0 saturated heterocycles. The third-order valence-corrected chi connectivity index (χ3v) is 5.87. The van der Waals surface area contributed by atoms with Crippen LogP contribution in [0.4, 0.5) is 10.2 Å². The van der Waals surface area contributed by atoms with Gasteiger partial charge in [0.25, 0.3) is 5.95 Å². The first-order valence-electron chi connectivity index (χ1n) is 11.1. The molecular formula is C25H23FN6O3. The standard InChI is InChI=1S/C25H23FN6O3/c1-4-35-21-11-16(7-10-20(21)34-3)18-12-22(33)29-24-23(18)14(2)31-32(24)25-28-19(13-27-30-25)15-5-8-17(26)9-6-15/h5-11,13,18H,4,12H2,1-3H3,(H,29,33)/t18-/m0/s1. The Hall–Kier alpha value is -4.34. The summed E-state index contributed by atoms with van der Waals surface area (Å²) in [6, 6.07) is 11.6. The van der Waals surface area contributed by atoms with Crippen molar-refractivity contribution in [3.8, 4) is 28.7 Å². The van der Waals surface area contributed by atoms with Gasteiger partial charge in [-0.3, -0.25) is 4.79 Å². The highest BCUT2D eigenvalue weighted by molar-refractivity contribution is 5.95. The number of aromatic nitrogens is 5. The van der Waals surface area contributed by atoms with Crippen molar-refractivity contribution in [2.75, 3.05) is 19.0 Å². The van der Waals surface area contributed by atoms with Crippen LogP contribution in [-0.2, 0) is 4.79 Å². The van der Waals surface area contributed by atoms with Gasteiger partial charge < -0.3 is 14.8 Å². The van der Waals surface area contributed by atoms with Crippen molar-refractivity contribution >= 4 is 11.7 Å². The number of ether oxygens (including phenoxy) is 2. The normalized spacial score (nSPS) is 14.9. The van der Waals surface area contributed by atoms with E-state index in [0.29, 0.717) is 35.2 Å². The molecule has 1 atom stereocenters. The van der Waals surface area contributed by atoms with E-state index < -0.39 is 0 Å². The minimum absolute atomic E-state index is 0.153. The maximum absolute atomic E-state index is 13.3. The van der Waals surface area contributed by atoms with Crippen LogP contribution in [0.5, 0.6) is 11.5 Å². The Balaban J connectivity index is 1.58. The molecule has 0 unspecified atom stereocenters. The highest BCUT2D eigenvalue weighted by Crippen LogP contribution is 2.42. The van der Waals surface area contributed by atoms with Crippen LogP contribution in [0, 0.1) is 12.7 Å². The number of halogens is 1. The number of anilines is 1. The van der Waals surface area contributed by atoms with E-state index in [2.05, 4.69) is 25.6 Å². The second kappa shape index (κ2) is 9.13. The summed E-state index contributed by atoms with van der Waals surface area (Å²) in [6.45, 7) is 4.27. The van der Waals surface area contributed by atoms with Crippen LogP contribution < -0.4 is 14.8 Å². The van der Waals surface area contributed by atoms with Gasteiger partial charge in [-0.05, 0) is 55.8 Å². The quantitative estimate of drug-likeness (QED) is 0.450. The fourth-order valence-corrected chi connectivity index (χ4v) is 4.30. The van der Waals surface area contributed by atoms with Crippen molar-refractivity contribution < 1.29 is 18.7 Å². The molecule has 3 heterocycles. The van der Waals surface area contributed by atoms with Crippen molar-refractivity contribution in [2.45, 2.75) is 26.2 Å². The minimum Gasteiger partial charge on any atom is -0.493 e. The highest BCUT2D eigenvalue weighted by atomic mass is 19.1. The number of nitrogens with zero attached hydrogens (tertiary/aromatic N) is 5. The number of benzene rings is 2. The molecule has 10 heteroatoms. The molecule has 35 heavy (non-hydrogen) atoms. The number of aryl methyl sites for hydroxylation is 1. The SMILES string of the molecule is CCOc1cc([C@@H]2CC(=O)Nc3c2c(C)nn3-c2nncc(-c3ccc(F)cc3)n2)ccc1OC. The molecule has 9 nitrogen and oxygen atoms in total. The molecule has 0 saturated carbocycles. The lowest BCUT2D eigenvalue weighted by atomic mass is 9.85. The zero-order chi connectivity index (χ0) is 24.5. The fourth-order valence-electron chi connectivity index (χ4n) is 4.30. The topological polar surface area (TPSA) is 104 Å². The van der Waals surface area contributed by atoms with E-state index in [1.54, 1.807) is 19.2 Å². The Labute approximate surface area is 200 Å². The number of rotatable bonds is 6. The van der Waals surface area contributed by atoms with Gasteiger partial charge in [0.2, 0.25) is 5.91 Å². The summed E-state index contributed by atoms with van der Waals surface area (Å²) in [7, 11) is 1.59. The zero-order valence-corrected chi connectivity index (χ0v) is 19.4. The van der Waals surface area contributed by atoms with Gasteiger partial charge in [0, 0.05) is 23.5 Å². The third kappa shape index (κ3) is 4.18. The molecule has 0 radical (unpaired) electrons. The average molecular weight is 474 g/mol. The summed E-state index contributed by atoms with van der Waals surface area (Å²) in [5.41, 5.74) is 3.70. The number of nitrogens with one attached hydrogen (secondary N) is 1. The monoisotopic (exact) mass is 474 g/mol. The van der Waals surface area contributed by atoms with E-state index in [9.17, 15) is 9.18 Å². The van der Waals surface area contributed by atoms with E-state index in [-0.39, 0.29) is 30.0 Å². The molecule has 5 rings (SSSR count). The van der Waals surface area contributed by atoms with Crippen molar-refractivity contribution in [2.24, 2.45) is 0 Å². The molecule has 4 aromatic rings. The molecule has 2 aromatic carbocycles. The first-order valence-corrected chi connectivity index (χ1v) is 11.1. The average Bonchev–Trinajstić information content (AvgIpc) is 3.20. The second-order valence-corrected chi connectivity index (χ2v) is 8.06. The summed E-state index contributed by atoms with van der Waals surface area (Å²) in [5.74, 6) is 1.20. The number of fused-ring (bicyclic) bond motifs is 1. The Morgan fingerprint density at radius 2 is 1.97 bits per heavy atom. The summed E-state index contributed by atoms with van der Waals surface area (Å²) in [5, 5.41) is 15.8. The van der Waals surface area contributed by atoms with Gasteiger partial charge in [0.15, 0.2) is 11.5 Å². The van der Waals surface area contributed by atoms with E-state index in [0.717, 1.165) is 16.8 Å². The molecule has 1 amide bonds. The van der Waals surface area contributed by atoms with Crippen molar-refractivity contribution in [1.82, 2.24) is 25.0 Å². The maximum Gasteiger partial charge on any atom is 0.272 e. The number of carbonyl (C=O) groups excluding carboxylic acids is 1. The van der Waals surface area contributed by atoms with Crippen LogP contribution in [0.15, 0.2) is 48.7 Å². The molecule has 0 spiro atoms. The molecular weight excluding hydrogens is 451 g/mol. The fraction of sp³-hybridized carbons (Fsp3) is 0.240. The van der Waals surface area contributed by atoms with Crippen molar-refractivity contribution in [3.63, 3.8) is 0 Å². The van der Waals surface area contributed by atoms with Crippen LogP contribution >= 0.6 is 0 Å². The van der Waals surface area contributed by atoms with Gasteiger partial charge in [-0.2, -0.15) is 14.9 Å². The first-order chi connectivity index (χ1) is 17.0. The largest absolute Gasteiger partial charge is 0.493 e. The Bertz CT molecular complexity index is 1400. The van der Waals surface area contributed by atoms with Crippen LogP contribution in [0.2, 0.25) is 0 Å². The molecule has 1 N–H and O–H groups in total. The van der Waals surface area contributed by atoms with Crippen LogP contribution in [0.25, 0.3) is 17.2 Å².